The number of carbonyl (C=O) groups is 1. The molecule has 0 fully saturated rings. The van der Waals surface area contributed by atoms with Crippen LogP contribution in [0.4, 0.5) is 16.2 Å². The van der Waals surface area contributed by atoms with Gasteiger partial charge in [0, 0.05) is 11.4 Å². The van der Waals surface area contributed by atoms with Gasteiger partial charge in [-0.05, 0) is 61.4 Å². The molecule has 144 valence electrons. The van der Waals surface area contributed by atoms with Crippen LogP contribution in [0.2, 0.25) is 0 Å². The Labute approximate surface area is 164 Å². The lowest BCUT2D eigenvalue weighted by Gasteiger charge is -2.11. The van der Waals surface area contributed by atoms with Gasteiger partial charge in [-0.25, -0.2) is 4.79 Å². The van der Waals surface area contributed by atoms with Crippen molar-refractivity contribution in [2.45, 2.75) is 18.7 Å². The number of nitrogens with one attached hydrogen (secondary N) is 2. The van der Waals surface area contributed by atoms with Gasteiger partial charge < -0.3 is 14.8 Å². The number of anilines is 2. The van der Waals surface area contributed by atoms with Crippen molar-refractivity contribution >= 4 is 27.5 Å². The molecular formula is C21H20N2O4S. The van der Waals surface area contributed by atoms with Gasteiger partial charge in [0.1, 0.15) is 10.6 Å². The molecule has 6 nitrogen and oxygen atoms in total. The summed E-state index contributed by atoms with van der Waals surface area (Å²) in [4.78, 5) is 12.2. The van der Waals surface area contributed by atoms with E-state index in [0.29, 0.717) is 16.9 Å². The molecule has 2 amide bonds. The number of para-hydroxylation sites is 1. The molecule has 0 spiro atoms. The highest BCUT2D eigenvalue weighted by Crippen LogP contribution is 2.23. The highest BCUT2D eigenvalue weighted by molar-refractivity contribution is 7.87. The summed E-state index contributed by atoms with van der Waals surface area (Å²) >= 11 is 0. The summed E-state index contributed by atoms with van der Waals surface area (Å²) in [5.41, 5.74) is 2.77. The second-order valence-electron chi connectivity index (χ2n) is 6.22. The molecule has 0 radical (unpaired) electrons. The molecule has 0 aromatic heterocycles. The summed E-state index contributed by atoms with van der Waals surface area (Å²) in [5, 5.41) is 5.46. The van der Waals surface area contributed by atoms with E-state index in [0.717, 1.165) is 5.56 Å². The van der Waals surface area contributed by atoms with Crippen molar-refractivity contribution in [2.75, 3.05) is 10.6 Å². The van der Waals surface area contributed by atoms with Crippen molar-refractivity contribution in [2.24, 2.45) is 0 Å². The first-order valence-corrected chi connectivity index (χ1v) is 10.00. The molecule has 3 rings (SSSR count). The maximum atomic E-state index is 12.4. The van der Waals surface area contributed by atoms with Crippen molar-refractivity contribution < 1.29 is 17.4 Å². The van der Waals surface area contributed by atoms with Crippen molar-refractivity contribution in [3.8, 4) is 5.75 Å². The average molecular weight is 396 g/mol. The fourth-order valence-electron chi connectivity index (χ4n) is 2.60. The first kappa shape index (κ1) is 19.4. The van der Waals surface area contributed by atoms with Crippen LogP contribution in [-0.4, -0.2) is 14.4 Å². The Bertz CT molecular complexity index is 1090. The van der Waals surface area contributed by atoms with Gasteiger partial charge >= 0.3 is 16.1 Å². The van der Waals surface area contributed by atoms with E-state index in [4.69, 9.17) is 4.18 Å². The maximum absolute atomic E-state index is 12.4. The minimum absolute atomic E-state index is 0.120. The normalized spacial score (nSPS) is 10.9. The van der Waals surface area contributed by atoms with E-state index in [2.05, 4.69) is 10.6 Å². The molecule has 3 aromatic carbocycles. The van der Waals surface area contributed by atoms with E-state index in [1.165, 1.54) is 18.2 Å². The first-order chi connectivity index (χ1) is 13.3. The molecule has 0 saturated heterocycles. The number of hydrogen-bond acceptors (Lipinski definition) is 4. The number of aryl methyl sites for hydroxylation is 2. The summed E-state index contributed by atoms with van der Waals surface area (Å²) < 4.78 is 30.0. The summed E-state index contributed by atoms with van der Waals surface area (Å²) in [7, 11) is -3.93. The lowest BCUT2D eigenvalue weighted by atomic mass is 10.2. The predicted octanol–water partition coefficient (Wildman–Crippen LogP) is 4.72. The number of rotatable bonds is 5. The topological polar surface area (TPSA) is 84.5 Å². The summed E-state index contributed by atoms with van der Waals surface area (Å²) in [6, 6.07) is 19.8. The third kappa shape index (κ3) is 4.69. The fourth-order valence-corrected chi connectivity index (χ4v) is 3.76. The zero-order chi connectivity index (χ0) is 20.1. The van der Waals surface area contributed by atoms with Crippen LogP contribution in [0.1, 0.15) is 11.1 Å². The van der Waals surface area contributed by atoms with Crippen LogP contribution >= 0.6 is 0 Å². The van der Waals surface area contributed by atoms with E-state index in [1.54, 1.807) is 37.3 Å². The number of urea groups is 1. The smallest absolute Gasteiger partial charge is 0.339 e. The molecule has 0 aliphatic carbocycles. The number of benzene rings is 3. The molecular weight excluding hydrogens is 376 g/mol. The third-order valence-electron chi connectivity index (χ3n) is 4.07. The van der Waals surface area contributed by atoms with Crippen LogP contribution in [0.25, 0.3) is 0 Å². The molecule has 2 N–H and O–H groups in total. The molecule has 28 heavy (non-hydrogen) atoms. The van der Waals surface area contributed by atoms with Crippen LogP contribution < -0.4 is 14.8 Å². The number of carbonyl (C=O) groups excluding carboxylic acids is 1. The monoisotopic (exact) mass is 396 g/mol. The largest absolute Gasteiger partial charge is 0.379 e. The van der Waals surface area contributed by atoms with Gasteiger partial charge in [-0.15, -0.1) is 0 Å². The van der Waals surface area contributed by atoms with Gasteiger partial charge in [-0.2, -0.15) is 8.42 Å². The van der Waals surface area contributed by atoms with Gasteiger partial charge in [0.25, 0.3) is 0 Å². The SMILES string of the molecule is Cc1ccccc1NC(=O)Nc1ccc(OS(=O)(=O)c2ccccc2C)cc1. The molecule has 7 heteroatoms. The van der Waals surface area contributed by atoms with Crippen molar-refractivity contribution in [1.82, 2.24) is 0 Å². The van der Waals surface area contributed by atoms with Crippen LogP contribution in [0, 0.1) is 13.8 Å². The lowest BCUT2D eigenvalue weighted by Crippen LogP contribution is -2.19. The van der Waals surface area contributed by atoms with Gasteiger partial charge in [-0.3, -0.25) is 0 Å². The van der Waals surface area contributed by atoms with Gasteiger partial charge in [0.15, 0.2) is 0 Å². The van der Waals surface area contributed by atoms with Crippen LogP contribution in [0.15, 0.2) is 77.7 Å². The Balaban J connectivity index is 1.66. The quantitative estimate of drug-likeness (QED) is 0.612. The Morgan fingerprint density at radius 3 is 2.04 bits per heavy atom. The minimum Gasteiger partial charge on any atom is -0.379 e. The number of amides is 2. The van der Waals surface area contributed by atoms with Crippen molar-refractivity contribution in [1.29, 1.82) is 0 Å². The van der Waals surface area contributed by atoms with Gasteiger partial charge in [-0.1, -0.05) is 36.4 Å². The standard InChI is InChI=1S/C21H20N2O4S/c1-15-7-3-5-9-19(15)23-21(24)22-17-11-13-18(14-12-17)27-28(25,26)20-10-6-4-8-16(20)2/h3-14H,1-2H3,(H2,22,23,24). The Kier molecular flexibility index (Phi) is 5.65. The summed E-state index contributed by atoms with van der Waals surface area (Å²) in [6.45, 7) is 3.60. The number of hydrogen-bond donors (Lipinski definition) is 2. The third-order valence-corrected chi connectivity index (χ3v) is 5.48. The molecule has 0 unspecified atom stereocenters. The van der Waals surface area contributed by atoms with E-state index < -0.39 is 16.1 Å². The summed E-state index contributed by atoms with van der Waals surface area (Å²) in [6.07, 6.45) is 0. The van der Waals surface area contributed by atoms with E-state index in [-0.39, 0.29) is 10.6 Å². The summed E-state index contributed by atoms with van der Waals surface area (Å²) in [5.74, 6) is 0.160. The second-order valence-corrected chi connectivity index (χ2v) is 7.74. The predicted molar refractivity (Wildman–Crippen MR) is 109 cm³/mol. The van der Waals surface area contributed by atoms with Crippen LogP contribution in [-0.2, 0) is 10.1 Å². The molecule has 0 heterocycles. The van der Waals surface area contributed by atoms with E-state index >= 15 is 0 Å². The Morgan fingerprint density at radius 1 is 0.786 bits per heavy atom. The van der Waals surface area contributed by atoms with Gasteiger partial charge in [0.2, 0.25) is 0 Å². The molecule has 0 atom stereocenters. The van der Waals surface area contributed by atoms with Crippen LogP contribution in [0.5, 0.6) is 5.75 Å². The zero-order valence-corrected chi connectivity index (χ0v) is 16.3. The lowest BCUT2D eigenvalue weighted by molar-refractivity contribution is 0.262. The highest BCUT2D eigenvalue weighted by Gasteiger charge is 2.18. The van der Waals surface area contributed by atoms with E-state index in [1.807, 2.05) is 31.2 Å². The average Bonchev–Trinajstić information content (AvgIpc) is 2.65. The first-order valence-electron chi connectivity index (χ1n) is 8.59. The molecule has 0 bridgehead atoms. The van der Waals surface area contributed by atoms with Crippen molar-refractivity contribution in [3.05, 3.63) is 83.9 Å². The molecule has 0 aliphatic heterocycles. The fraction of sp³-hybridized carbons (Fsp3) is 0.0952. The Hall–Kier alpha value is -3.32. The molecule has 0 aliphatic rings. The second kappa shape index (κ2) is 8.14. The van der Waals surface area contributed by atoms with E-state index in [9.17, 15) is 13.2 Å². The van der Waals surface area contributed by atoms with Gasteiger partial charge in [0.05, 0.1) is 0 Å². The van der Waals surface area contributed by atoms with Crippen molar-refractivity contribution in [3.63, 3.8) is 0 Å². The minimum atomic E-state index is -3.93. The zero-order valence-electron chi connectivity index (χ0n) is 15.5. The molecule has 0 saturated carbocycles. The highest BCUT2D eigenvalue weighted by atomic mass is 32.2. The van der Waals surface area contributed by atoms with Crippen LogP contribution in [0.3, 0.4) is 0 Å². The Morgan fingerprint density at radius 2 is 1.39 bits per heavy atom. The molecule has 3 aromatic rings. The maximum Gasteiger partial charge on any atom is 0.339 e.